The van der Waals surface area contributed by atoms with E-state index in [1.165, 1.54) is 28.6 Å². The molecule has 1 atom stereocenters. The lowest BCUT2D eigenvalue weighted by Crippen LogP contribution is -2.39. The van der Waals surface area contributed by atoms with E-state index in [0.717, 1.165) is 12.8 Å². The predicted octanol–water partition coefficient (Wildman–Crippen LogP) is 4.13. The first-order chi connectivity index (χ1) is 16.8. The molecule has 7 nitrogen and oxygen atoms in total. The molecule has 0 saturated carbocycles. The first-order valence-corrected chi connectivity index (χ1v) is 12.9. The highest BCUT2D eigenvalue weighted by atomic mass is 32.2. The SMILES string of the molecule is C[C@H]1CCCN(S(=O)(=O)c2ccc(C(=O)Nc3cccc4c3C(=O)c3ccccc3C4=O)cc2)C1. The van der Waals surface area contributed by atoms with Crippen LogP contribution in [0.4, 0.5) is 5.69 Å². The zero-order valence-electron chi connectivity index (χ0n) is 19.2. The maximum atomic E-state index is 13.1. The van der Waals surface area contributed by atoms with Gasteiger partial charge in [0.1, 0.15) is 0 Å². The van der Waals surface area contributed by atoms with Crippen LogP contribution in [-0.4, -0.2) is 43.3 Å². The predicted molar refractivity (Wildman–Crippen MR) is 131 cm³/mol. The first-order valence-electron chi connectivity index (χ1n) is 11.5. The second-order valence-electron chi connectivity index (χ2n) is 9.02. The van der Waals surface area contributed by atoms with Crippen molar-refractivity contribution in [3.8, 4) is 0 Å². The highest BCUT2D eigenvalue weighted by Crippen LogP contribution is 2.32. The molecule has 0 unspecified atom stereocenters. The van der Waals surface area contributed by atoms with Crippen LogP contribution in [0.3, 0.4) is 0 Å². The molecule has 0 aromatic heterocycles. The van der Waals surface area contributed by atoms with Gasteiger partial charge in [-0.3, -0.25) is 14.4 Å². The number of piperidine rings is 1. The molecule has 1 aliphatic carbocycles. The summed E-state index contributed by atoms with van der Waals surface area (Å²) in [6.07, 6.45) is 1.84. The van der Waals surface area contributed by atoms with Gasteiger partial charge in [0, 0.05) is 35.3 Å². The fourth-order valence-corrected chi connectivity index (χ4v) is 6.33. The van der Waals surface area contributed by atoms with E-state index >= 15 is 0 Å². The van der Waals surface area contributed by atoms with Gasteiger partial charge in [-0.1, -0.05) is 43.3 Å². The molecule has 1 amide bonds. The lowest BCUT2D eigenvalue weighted by molar-refractivity contribution is 0.0978. The minimum absolute atomic E-state index is 0.137. The molecule has 1 fully saturated rings. The van der Waals surface area contributed by atoms with Crippen LogP contribution in [0.25, 0.3) is 0 Å². The third-order valence-corrected chi connectivity index (χ3v) is 8.45. The number of benzene rings is 3. The standard InChI is InChI=1S/C27H24N2O5S/c1-17-6-5-15-29(16-17)35(33,34)19-13-11-18(12-14-19)27(32)28-23-10-4-9-22-24(23)26(31)21-8-3-2-7-20(21)25(22)30/h2-4,7-14,17H,5-6,15-16H2,1H3,(H,28,32)/t17-/m0/s1. The topological polar surface area (TPSA) is 101 Å². The Morgan fingerprint density at radius 3 is 2.23 bits per heavy atom. The highest BCUT2D eigenvalue weighted by Gasteiger charge is 2.32. The molecule has 0 radical (unpaired) electrons. The van der Waals surface area contributed by atoms with E-state index in [1.54, 1.807) is 42.5 Å². The number of amides is 1. The van der Waals surface area contributed by atoms with Gasteiger partial charge < -0.3 is 5.32 Å². The Morgan fingerprint density at radius 2 is 1.54 bits per heavy atom. The van der Waals surface area contributed by atoms with E-state index < -0.39 is 15.9 Å². The van der Waals surface area contributed by atoms with Crippen molar-refractivity contribution in [2.45, 2.75) is 24.7 Å². The van der Waals surface area contributed by atoms with Crippen molar-refractivity contribution in [1.82, 2.24) is 4.31 Å². The number of nitrogens with one attached hydrogen (secondary N) is 1. The number of hydrogen-bond donors (Lipinski definition) is 1. The number of anilines is 1. The lowest BCUT2D eigenvalue weighted by atomic mass is 9.83. The Balaban J connectivity index is 1.40. The van der Waals surface area contributed by atoms with Gasteiger partial charge in [0.25, 0.3) is 5.91 Å². The van der Waals surface area contributed by atoms with Crippen LogP contribution in [0.1, 0.15) is 62.0 Å². The third-order valence-electron chi connectivity index (χ3n) is 6.57. The molecule has 2 aliphatic rings. The quantitative estimate of drug-likeness (QED) is 0.465. The van der Waals surface area contributed by atoms with Gasteiger partial charge in [-0.15, -0.1) is 0 Å². The summed E-state index contributed by atoms with van der Waals surface area (Å²) < 4.78 is 27.5. The van der Waals surface area contributed by atoms with Gasteiger partial charge in [0.2, 0.25) is 10.0 Å². The Kier molecular flexibility index (Phi) is 5.86. The maximum Gasteiger partial charge on any atom is 0.255 e. The number of nitrogens with zero attached hydrogens (tertiary/aromatic N) is 1. The Labute approximate surface area is 203 Å². The third kappa shape index (κ3) is 4.09. The summed E-state index contributed by atoms with van der Waals surface area (Å²) in [5, 5.41) is 2.72. The molecule has 1 N–H and O–H groups in total. The number of carbonyl (C=O) groups is 3. The van der Waals surface area contributed by atoms with Crippen molar-refractivity contribution in [3.05, 3.63) is 94.5 Å². The molecule has 1 heterocycles. The fraction of sp³-hybridized carbons (Fsp3) is 0.222. The van der Waals surface area contributed by atoms with E-state index in [9.17, 15) is 22.8 Å². The molecular formula is C27H24N2O5S. The van der Waals surface area contributed by atoms with Gasteiger partial charge in [-0.05, 0) is 49.1 Å². The Morgan fingerprint density at radius 1 is 0.886 bits per heavy atom. The van der Waals surface area contributed by atoms with Crippen LogP contribution in [-0.2, 0) is 10.0 Å². The fourth-order valence-electron chi connectivity index (χ4n) is 4.74. The molecule has 1 aliphatic heterocycles. The number of carbonyl (C=O) groups excluding carboxylic acids is 3. The normalized spacial score (nSPS) is 18.0. The summed E-state index contributed by atoms with van der Waals surface area (Å²) in [7, 11) is -3.63. The van der Waals surface area contributed by atoms with Gasteiger partial charge in [-0.25, -0.2) is 8.42 Å². The van der Waals surface area contributed by atoms with E-state index in [1.807, 2.05) is 6.92 Å². The summed E-state index contributed by atoms with van der Waals surface area (Å²) in [4.78, 5) is 39.2. The summed E-state index contributed by atoms with van der Waals surface area (Å²) in [5.74, 6) is -0.800. The summed E-state index contributed by atoms with van der Waals surface area (Å²) in [6.45, 7) is 3.01. The van der Waals surface area contributed by atoms with E-state index in [4.69, 9.17) is 0 Å². The van der Waals surface area contributed by atoms with E-state index in [-0.39, 0.29) is 38.8 Å². The molecule has 3 aromatic rings. The van der Waals surface area contributed by atoms with Crippen LogP contribution in [0.2, 0.25) is 0 Å². The molecule has 35 heavy (non-hydrogen) atoms. The summed E-state index contributed by atoms with van der Waals surface area (Å²) in [5.41, 5.74) is 1.51. The Hall–Kier alpha value is -3.62. The van der Waals surface area contributed by atoms with E-state index in [0.29, 0.717) is 30.1 Å². The molecule has 3 aromatic carbocycles. The molecule has 178 valence electrons. The van der Waals surface area contributed by atoms with Crippen LogP contribution in [0.15, 0.2) is 71.6 Å². The molecule has 1 saturated heterocycles. The zero-order valence-corrected chi connectivity index (χ0v) is 20.0. The Bertz CT molecular complexity index is 1460. The largest absolute Gasteiger partial charge is 0.321 e. The number of sulfonamides is 1. The molecule has 8 heteroatoms. The monoisotopic (exact) mass is 488 g/mol. The van der Waals surface area contributed by atoms with Gasteiger partial charge in [0.15, 0.2) is 11.6 Å². The minimum atomic E-state index is -3.63. The average molecular weight is 489 g/mol. The van der Waals surface area contributed by atoms with Crippen molar-refractivity contribution >= 4 is 33.2 Å². The van der Waals surface area contributed by atoms with Gasteiger partial charge in [0.05, 0.1) is 16.1 Å². The molecule has 5 rings (SSSR count). The molecule has 0 bridgehead atoms. The first kappa shape index (κ1) is 23.1. The number of hydrogen-bond acceptors (Lipinski definition) is 5. The lowest BCUT2D eigenvalue weighted by Gasteiger charge is -2.30. The number of fused-ring (bicyclic) bond motifs is 2. The number of ketones is 2. The van der Waals surface area contributed by atoms with Gasteiger partial charge in [-0.2, -0.15) is 4.31 Å². The van der Waals surface area contributed by atoms with Gasteiger partial charge >= 0.3 is 0 Å². The zero-order chi connectivity index (χ0) is 24.7. The van der Waals surface area contributed by atoms with Crippen LogP contribution < -0.4 is 5.32 Å². The van der Waals surface area contributed by atoms with Crippen molar-refractivity contribution in [3.63, 3.8) is 0 Å². The van der Waals surface area contributed by atoms with Crippen LogP contribution in [0.5, 0.6) is 0 Å². The minimum Gasteiger partial charge on any atom is -0.321 e. The molecular weight excluding hydrogens is 464 g/mol. The number of rotatable bonds is 4. The van der Waals surface area contributed by atoms with Crippen molar-refractivity contribution in [1.29, 1.82) is 0 Å². The van der Waals surface area contributed by atoms with Crippen molar-refractivity contribution in [2.24, 2.45) is 5.92 Å². The average Bonchev–Trinajstić information content (AvgIpc) is 2.87. The highest BCUT2D eigenvalue weighted by molar-refractivity contribution is 7.89. The van der Waals surface area contributed by atoms with Crippen LogP contribution >= 0.6 is 0 Å². The smallest absolute Gasteiger partial charge is 0.255 e. The summed E-state index contributed by atoms with van der Waals surface area (Å²) in [6, 6.07) is 17.1. The van der Waals surface area contributed by atoms with Crippen molar-refractivity contribution in [2.75, 3.05) is 18.4 Å². The van der Waals surface area contributed by atoms with E-state index in [2.05, 4.69) is 5.32 Å². The second-order valence-corrected chi connectivity index (χ2v) is 11.0. The maximum absolute atomic E-state index is 13.1. The molecule has 0 spiro atoms. The second kappa shape index (κ2) is 8.87. The summed E-state index contributed by atoms with van der Waals surface area (Å²) >= 11 is 0. The van der Waals surface area contributed by atoms with Crippen LogP contribution in [0, 0.1) is 5.92 Å². The van der Waals surface area contributed by atoms with Crippen molar-refractivity contribution < 1.29 is 22.8 Å².